The van der Waals surface area contributed by atoms with Crippen LogP contribution in [0.4, 0.5) is 0 Å². The van der Waals surface area contributed by atoms with Gasteiger partial charge in [0.2, 0.25) is 5.78 Å². The largest absolute Gasteiger partial charge is 0.485 e. The molecule has 0 radical (unpaired) electrons. The van der Waals surface area contributed by atoms with E-state index in [-0.39, 0.29) is 12.4 Å². The fourth-order valence-electron chi connectivity index (χ4n) is 1.99. The highest BCUT2D eigenvalue weighted by molar-refractivity contribution is 9.12. The zero-order valence-corrected chi connectivity index (χ0v) is 15.4. The maximum Gasteiger partial charge on any atom is 0.202 e. The SMILES string of the molecule is Cc1cc(C#N)cc(C)c1OCC(=O)c1cc(Br)sc1Br. The van der Waals surface area contributed by atoms with Gasteiger partial charge in [0, 0.05) is 5.56 Å². The van der Waals surface area contributed by atoms with E-state index in [4.69, 9.17) is 10.00 Å². The van der Waals surface area contributed by atoms with Gasteiger partial charge in [-0.1, -0.05) is 0 Å². The number of Topliss-reactive ketones (excluding diaryl/α,β-unsaturated/α-hetero) is 1. The molecule has 6 heteroatoms. The number of carbonyl (C=O) groups is 1. The van der Waals surface area contributed by atoms with Crippen LogP contribution >= 0.6 is 43.2 Å². The minimum atomic E-state index is -0.0908. The summed E-state index contributed by atoms with van der Waals surface area (Å²) in [6.07, 6.45) is 0. The van der Waals surface area contributed by atoms with Crippen molar-refractivity contribution in [2.24, 2.45) is 0 Å². The molecule has 0 aliphatic carbocycles. The number of hydrogen-bond donors (Lipinski definition) is 0. The first-order chi connectivity index (χ1) is 9.92. The monoisotopic (exact) mass is 427 g/mol. The predicted molar refractivity (Wildman–Crippen MR) is 90.2 cm³/mol. The molecule has 0 saturated carbocycles. The zero-order valence-electron chi connectivity index (χ0n) is 11.4. The number of ketones is 1. The molecule has 0 unspecified atom stereocenters. The normalized spacial score (nSPS) is 10.2. The Morgan fingerprint density at radius 3 is 2.38 bits per heavy atom. The van der Waals surface area contributed by atoms with E-state index in [2.05, 4.69) is 37.9 Å². The van der Waals surface area contributed by atoms with Crippen molar-refractivity contribution in [3.63, 3.8) is 0 Å². The summed E-state index contributed by atoms with van der Waals surface area (Å²) in [5.41, 5.74) is 2.90. The molecule has 2 rings (SSSR count). The number of aryl methyl sites for hydroxylation is 2. The smallest absolute Gasteiger partial charge is 0.202 e. The predicted octanol–water partition coefficient (Wildman–Crippen LogP) is 5.02. The maximum absolute atomic E-state index is 12.2. The van der Waals surface area contributed by atoms with Crippen LogP contribution in [0.3, 0.4) is 0 Å². The third kappa shape index (κ3) is 3.73. The zero-order chi connectivity index (χ0) is 15.6. The van der Waals surface area contributed by atoms with E-state index in [0.717, 1.165) is 18.7 Å². The molecule has 0 atom stereocenters. The topological polar surface area (TPSA) is 50.1 Å². The van der Waals surface area contributed by atoms with Crippen molar-refractivity contribution in [1.29, 1.82) is 5.26 Å². The van der Waals surface area contributed by atoms with Crippen LogP contribution in [0, 0.1) is 25.2 Å². The fraction of sp³-hybridized carbons (Fsp3) is 0.200. The summed E-state index contributed by atoms with van der Waals surface area (Å²) in [7, 11) is 0. The average Bonchev–Trinajstić information content (AvgIpc) is 2.76. The van der Waals surface area contributed by atoms with Crippen molar-refractivity contribution in [3.8, 4) is 11.8 Å². The minimum Gasteiger partial charge on any atom is -0.485 e. The molecule has 21 heavy (non-hydrogen) atoms. The van der Waals surface area contributed by atoms with Crippen LogP contribution in [0.2, 0.25) is 0 Å². The quantitative estimate of drug-likeness (QED) is 0.642. The van der Waals surface area contributed by atoms with Gasteiger partial charge < -0.3 is 4.74 Å². The maximum atomic E-state index is 12.2. The lowest BCUT2D eigenvalue weighted by Crippen LogP contribution is -2.12. The number of benzene rings is 1. The van der Waals surface area contributed by atoms with Crippen molar-refractivity contribution >= 4 is 49.0 Å². The molecule has 1 aromatic carbocycles. The van der Waals surface area contributed by atoms with Crippen LogP contribution in [-0.4, -0.2) is 12.4 Å². The van der Waals surface area contributed by atoms with Crippen molar-refractivity contribution in [1.82, 2.24) is 0 Å². The van der Waals surface area contributed by atoms with Crippen molar-refractivity contribution in [2.75, 3.05) is 6.61 Å². The number of carbonyl (C=O) groups excluding carboxylic acids is 1. The minimum absolute atomic E-state index is 0.0324. The van der Waals surface area contributed by atoms with Crippen LogP contribution in [0.25, 0.3) is 0 Å². The molecule has 1 heterocycles. The van der Waals surface area contributed by atoms with Crippen molar-refractivity contribution in [3.05, 3.63) is 48.0 Å². The first-order valence-electron chi connectivity index (χ1n) is 6.04. The van der Waals surface area contributed by atoms with Crippen molar-refractivity contribution < 1.29 is 9.53 Å². The van der Waals surface area contributed by atoms with E-state index in [1.54, 1.807) is 18.2 Å². The second kappa shape index (κ2) is 6.73. The van der Waals surface area contributed by atoms with E-state index in [1.807, 2.05) is 13.8 Å². The van der Waals surface area contributed by atoms with Crippen LogP contribution < -0.4 is 4.74 Å². The van der Waals surface area contributed by atoms with Gasteiger partial charge in [0.25, 0.3) is 0 Å². The fourth-order valence-corrected chi connectivity index (χ4v) is 4.84. The molecular weight excluding hydrogens is 418 g/mol. The van der Waals surface area contributed by atoms with E-state index >= 15 is 0 Å². The summed E-state index contributed by atoms with van der Waals surface area (Å²) in [4.78, 5) is 12.2. The summed E-state index contributed by atoms with van der Waals surface area (Å²) in [6.45, 7) is 3.70. The summed E-state index contributed by atoms with van der Waals surface area (Å²) >= 11 is 8.17. The lowest BCUT2D eigenvalue weighted by atomic mass is 10.1. The van der Waals surface area contributed by atoms with Crippen LogP contribution in [0.15, 0.2) is 25.8 Å². The average molecular weight is 429 g/mol. The number of nitrogens with zero attached hydrogens (tertiary/aromatic N) is 1. The molecule has 0 N–H and O–H groups in total. The summed E-state index contributed by atoms with van der Waals surface area (Å²) < 4.78 is 7.34. The molecule has 0 saturated heterocycles. The van der Waals surface area contributed by atoms with Gasteiger partial charge in [0.15, 0.2) is 6.61 Å². The Morgan fingerprint density at radius 2 is 1.90 bits per heavy atom. The molecule has 2 aromatic rings. The van der Waals surface area contributed by atoms with Crippen LogP contribution in [-0.2, 0) is 0 Å². The molecule has 0 amide bonds. The number of halogens is 2. The number of nitriles is 1. The standard InChI is InChI=1S/C15H11Br2NO2S/c1-8-3-10(6-18)4-9(2)14(8)20-7-12(19)11-5-13(16)21-15(11)17/h3-5H,7H2,1-2H3. The van der Waals surface area contributed by atoms with Crippen molar-refractivity contribution in [2.45, 2.75) is 13.8 Å². The highest BCUT2D eigenvalue weighted by atomic mass is 79.9. The van der Waals surface area contributed by atoms with E-state index in [1.165, 1.54) is 11.3 Å². The second-order valence-corrected chi connectivity index (χ2v) is 8.25. The van der Waals surface area contributed by atoms with Crippen LogP contribution in [0.5, 0.6) is 5.75 Å². The molecule has 3 nitrogen and oxygen atoms in total. The Kier molecular flexibility index (Phi) is 5.20. The Morgan fingerprint density at radius 1 is 1.29 bits per heavy atom. The van der Waals surface area contributed by atoms with E-state index < -0.39 is 0 Å². The number of rotatable bonds is 4. The van der Waals surface area contributed by atoms with Gasteiger partial charge in [0.1, 0.15) is 5.75 Å². The van der Waals surface area contributed by atoms with Gasteiger partial charge in [-0.25, -0.2) is 0 Å². The number of ether oxygens (including phenoxy) is 1. The van der Waals surface area contributed by atoms with E-state index in [0.29, 0.717) is 16.9 Å². The first-order valence-corrected chi connectivity index (χ1v) is 8.44. The molecule has 0 fully saturated rings. The lowest BCUT2D eigenvalue weighted by molar-refractivity contribution is 0.0920. The summed E-state index contributed by atoms with van der Waals surface area (Å²) in [6, 6.07) is 7.39. The van der Waals surface area contributed by atoms with Gasteiger partial charge in [-0.3, -0.25) is 4.79 Å². The third-order valence-electron chi connectivity index (χ3n) is 2.89. The lowest BCUT2D eigenvalue weighted by Gasteiger charge is -2.11. The highest BCUT2D eigenvalue weighted by Crippen LogP contribution is 2.32. The Labute approximate surface area is 143 Å². The van der Waals surface area contributed by atoms with Gasteiger partial charge in [0.05, 0.1) is 19.2 Å². The Balaban J connectivity index is 2.16. The highest BCUT2D eigenvalue weighted by Gasteiger charge is 2.15. The Bertz CT molecular complexity index is 724. The van der Waals surface area contributed by atoms with Crippen LogP contribution in [0.1, 0.15) is 27.0 Å². The molecule has 0 aliphatic rings. The van der Waals surface area contributed by atoms with Gasteiger partial charge >= 0.3 is 0 Å². The number of hydrogen-bond acceptors (Lipinski definition) is 4. The van der Waals surface area contributed by atoms with Gasteiger partial charge in [-0.2, -0.15) is 5.26 Å². The third-order valence-corrected chi connectivity index (χ3v) is 5.23. The second-order valence-electron chi connectivity index (χ2n) is 4.50. The first kappa shape index (κ1) is 16.2. The molecule has 0 spiro atoms. The Hall–Kier alpha value is -1.16. The number of thiophene rings is 1. The molecule has 0 aliphatic heterocycles. The summed E-state index contributed by atoms with van der Waals surface area (Å²) in [5.74, 6) is 0.569. The van der Waals surface area contributed by atoms with Gasteiger partial charge in [-0.15, -0.1) is 11.3 Å². The van der Waals surface area contributed by atoms with Gasteiger partial charge in [-0.05, 0) is 75.0 Å². The molecule has 1 aromatic heterocycles. The molecule has 0 bridgehead atoms. The van der Waals surface area contributed by atoms with E-state index in [9.17, 15) is 4.79 Å². The molecule has 108 valence electrons. The molecular formula is C15H11Br2NO2S. The summed E-state index contributed by atoms with van der Waals surface area (Å²) in [5, 5.41) is 8.92.